The first kappa shape index (κ1) is 13.0. The van der Waals surface area contributed by atoms with E-state index in [1.807, 2.05) is 0 Å². The minimum Gasteiger partial charge on any atom is -0.374 e. The molecule has 1 aromatic rings. The van der Waals surface area contributed by atoms with Crippen molar-refractivity contribution in [1.82, 2.24) is 5.32 Å². The second kappa shape index (κ2) is 5.96. The molecule has 19 heavy (non-hydrogen) atoms. The van der Waals surface area contributed by atoms with E-state index in [4.69, 9.17) is 0 Å². The summed E-state index contributed by atoms with van der Waals surface area (Å²) in [5.74, 6) is 0.918. The Labute approximate surface area is 117 Å². The highest BCUT2D eigenvalue weighted by Crippen LogP contribution is 2.27. The lowest BCUT2D eigenvalue weighted by Gasteiger charge is -2.23. The van der Waals surface area contributed by atoms with E-state index in [0.29, 0.717) is 0 Å². The molecule has 0 radical (unpaired) electrons. The van der Waals surface area contributed by atoms with Gasteiger partial charge in [0, 0.05) is 31.9 Å². The van der Waals surface area contributed by atoms with Crippen molar-refractivity contribution < 1.29 is 0 Å². The average molecular weight is 258 g/mol. The molecular formula is C17H26N2. The summed E-state index contributed by atoms with van der Waals surface area (Å²) in [6.45, 7) is 2.25. The molecule has 2 nitrogen and oxygen atoms in total. The monoisotopic (exact) mass is 258 g/mol. The highest BCUT2D eigenvalue weighted by Gasteiger charge is 2.20. The van der Waals surface area contributed by atoms with Crippen LogP contribution >= 0.6 is 0 Å². The molecule has 3 rings (SSSR count). The number of anilines is 1. The summed E-state index contributed by atoms with van der Waals surface area (Å²) in [5, 5.41) is 3.57. The lowest BCUT2D eigenvalue weighted by Crippen LogP contribution is -2.24. The molecule has 1 aromatic carbocycles. The fraction of sp³-hybridized carbons (Fsp3) is 0.647. The molecular weight excluding hydrogens is 232 g/mol. The average Bonchev–Trinajstić information content (AvgIpc) is 3.13. The van der Waals surface area contributed by atoms with E-state index >= 15 is 0 Å². The molecule has 1 N–H and O–H groups in total. The van der Waals surface area contributed by atoms with Gasteiger partial charge in [-0.05, 0) is 49.3 Å². The van der Waals surface area contributed by atoms with Crippen LogP contribution in [0.15, 0.2) is 24.3 Å². The van der Waals surface area contributed by atoms with Crippen LogP contribution < -0.4 is 10.2 Å². The van der Waals surface area contributed by atoms with Crippen molar-refractivity contribution in [2.24, 2.45) is 5.92 Å². The molecule has 0 atom stereocenters. The Balaban J connectivity index is 1.51. The van der Waals surface area contributed by atoms with Crippen LogP contribution in [0.5, 0.6) is 0 Å². The largest absolute Gasteiger partial charge is 0.374 e. The maximum atomic E-state index is 3.57. The van der Waals surface area contributed by atoms with E-state index in [2.05, 4.69) is 41.5 Å². The normalized spacial score (nSPS) is 19.8. The van der Waals surface area contributed by atoms with Crippen molar-refractivity contribution in [2.75, 3.05) is 18.5 Å². The summed E-state index contributed by atoms with van der Waals surface area (Å²) < 4.78 is 0. The van der Waals surface area contributed by atoms with Crippen LogP contribution in [0, 0.1) is 5.92 Å². The third-order valence-corrected chi connectivity index (χ3v) is 4.56. The zero-order valence-corrected chi connectivity index (χ0v) is 12.1. The lowest BCUT2D eigenvalue weighted by molar-refractivity contribution is 0.547. The van der Waals surface area contributed by atoms with Gasteiger partial charge >= 0.3 is 0 Å². The number of benzene rings is 1. The fourth-order valence-corrected chi connectivity index (χ4v) is 3.10. The minimum absolute atomic E-state index is 0.796. The topological polar surface area (TPSA) is 15.3 Å². The van der Waals surface area contributed by atoms with Gasteiger partial charge in [0.2, 0.25) is 0 Å². The van der Waals surface area contributed by atoms with Crippen LogP contribution in [0.3, 0.4) is 0 Å². The van der Waals surface area contributed by atoms with Crippen molar-refractivity contribution in [3.8, 4) is 0 Å². The second-order valence-corrected chi connectivity index (χ2v) is 6.35. The minimum atomic E-state index is 0.796. The third kappa shape index (κ3) is 3.73. The van der Waals surface area contributed by atoms with Crippen LogP contribution in [-0.2, 0) is 6.54 Å². The summed E-state index contributed by atoms with van der Waals surface area (Å²) in [4.78, 5) is 2.42. The maximum absolute atomic E-state index is 3.57. The molecule has 0 aromatic heterocycles. The van der Waals surface area contributed by atoms with Gasteiger partial charge in [0.05, 0.1) is 0 Å². The molecule has 0 spiro atoms. The van der Waals surface area contributed by atoms with Gasteiger partial charge in [0.1, 0.15) is 0 Å². The highest BCUT2D eigenvalue weighted by atomic mass is 15.1. The van der Waals surface area contributed by atoms with E-state index in [9.17, 15) is 0 Å². The Hall–Kier alpha value is -1.02. The molecule has 2 aliphatic rings. The molecule has 0 aliphatic heterocycles. The summed E-state index contributed by atoms with van der Waals surface area (Å²) in [6, 6.07) is 9.90. The predicted molar refractivity (Wildman–Crippen MR) is 81.5 cm³/mol. The van der Waals surface area contributed by atoms with Crippen molar-refractivity contribution in [3.63, 3.8) is 0 Å². The molecule has 0 saturated heterocycles. The van der Waals surface area contributed by atoms with Crippen LogP contribution in [0.2, 0.25) is 0 Å². The molecule has 2 heteroatoms. The number of nitrogens with one attached hydrogen (secondary N) is 1. The van der Waals surface area contributed by atoms with E-state index < -0.39 is 0 Å². The summed E-state index contributed by atoms with van der Waals surface area (Å²) >= 11 is 0. The van der Waals surface area contributed by atoms with Gasteiger partial charge in [0.15, 0.2) is 0 Å². The lowest BCUT2D eigenvalue weighted by atomic mass is 10.1. The van der Waals surface area contributed by atoms with Crippen LogP contribution in [0.1, 0.15) is 44.1 Å². The molecule has 0 amide bonds. The molecule has 2 aliphatic carbocycles. The summed E-state index contributed by atoms with van der Waals surface area (Å²) in [6.07, 6.45) is 8.44. The van der Waals surface area contributed by atoms with Crippen molar-refractivity contribution in [2.45, 2.75) is 51.1 Å². The fourth-order valence-electron chi connectivity index (χ4n) is 3.10. The van der Waals surface area contributed by atoms with Gasteiger partial charge in [-0.1, -0.05) is 25.0 Å². The Bertz CT molecular complexity index is 388. The summed E-state index contributed by atoms with van der Waals surface area (Å²) in [5.41, 5.74) is 2.77. The van der Waals surface area contributed by atoms with Gasteiger partial charge < -0.3 is 10.2 Å². The summed E-state index contributed by atoms with van der Waals surface area (Å²) in [7, 11) is 2.23. The standard InChI is InChI=1S/C17H26N2/c1-19(13-15-4-2-3-5-15)17-10-6-14(7-11-17)12-18-16-8-9-16/h6-7,10-11,15-16,18H,2-5,8-9,12-13H2,1H3. The third-order valence-electron chi connectivity index (χ3n) is 4.56. The van der Waals surface area contributed by atoms with E-state index in [1.54, 1.807) is 0 Å². The predicted octanol–water partition coefficient (Wildman–Crippen LogP) is 3.57. The Morgan fingerprint density at radius 1 is 1.05 bits per heavy atom. The Morgan fingerprint density at radius 2 is 1.74 bits per heavy atom. The quantitative estimate of drug-likeness (QED) is 0.839. The van der Waals surface area contributed by atoms with E-state index in [0.717, 1.165) is 18.5 Å². The van der Waals surface area contributed by atoms with E-state index in [1.165, 1.54) is 56.3 Å². The first-order valence-corrected chi connectivity index (χ1v) is 7.85. The first-order valence-electron chi connectivity index (χ1n) is 7.85. The smallest absolute Gasteiger partial charge is 0.0363 e. The Kier molecular flexibility index (Phi) is 4.07. The Morgan fingerprint density at radius 3 is 2.37 bits per heavy atom. The van der Waals surface area contributed by atoms with Crippen molar-refractivity contribution in [3.05, 3.63) is 29.8 Å². The van der Waals surface area contributed by atoms with Gasteiger partial charge in [-0.2, -0.15) is 0 Å². The molecule has 2 fully saturated rings. The van der Waals surface area contributed by atoms with Crippen molar-refractivity contribution in [1.29, 1.82) is 0 Å². The van der Waals surface area contributed by atoms with Crippen LogP contribution in [-0.4, -0.2) is 19.6 Å². The number of hydrogen-bond acceptors (Lipinski definition) is 2. The van der Waals surface area contributed by atoms with Gasteiger partial charge in [-0.15, -0.1) is 0 Å². The molecule has 2 saturated carbocycles. The number of nitrogens with zero attached hydrogens (tertiary/aromatic N) is 1. The van der Waals surface area contributed by atoms with Crippen molar-refractivity contribution >= 4 is 5.69 Å². The SMILES string of the molecule is CN(CC1CCCC1)c1ccc(CNC2CC2)cc1. The molecule has 0 bridgehead atoms. The first-order chi connectivity index (χ1) is 9.31. The van der Waals surface area contributed by atoms with Gasteiger partial charge in [0.25, 0.3) is 0 Å². The number of rotatable bonds is 6. The second-order valence-electron chi connectivity index (χ2n) is 6.35. The molecule has 0 unspecified atom stereocenters. The zero-order chi connectivity index (χ0) is 13.1. The molecule has 104 valence electrons. The van der Waals surface area contributed by atoms with Crippen LogP contribution in [0.25, 0.3) is 0 Å². The van der Waals surface area contributed by atoms with Crippen LogP contribution in [0.4, 0.5) is 5.69 Å². The van der Waals surface area contributed by atoms with Gasteiger partial charge in [-0.3, -0.25) is 0 Å². The highest BCUT2D eigenvalue weighted by molar-refractivity contribution is 5.46. The molecule has 0 heterocycles. The zero-order valence-electron chi connectivity index (χ0n) is 12.1. The maximum Gasteiger partial charge on any atom is 0.0363 e. The number of hydrogen-bond donors (Lipinski definition) is 1. The van der Waals surface area contributed by atoms with Gasteiger partial charge in [-0.25, -0.2) is 0 Å². The van der Waals surface area contributed by atoms with E-state index in [-0.39, 0.29) is 0 Å².